The molecule has 1 N–H and O–H groups in total. The van der Waals surface area contributed by atoms with Gasteiger partial charge in [-0.2, -0.15) is 23.3 Å². The van der Waals surface area contributed by atoms with Gasteiger partial charge in [-0.05, 0) is 13.0 Å². The van der Waals surface area contributed by atoms with Crippen LogP contribution < -0.4 is 0 Å². The van der Waals surface area contributed by atoms with Crippen LogP contribution in [0.15, 0.2) is 11.1 Å². The van der Waals surface area contributed by atoms with Crippen molar-refractivity contribution in [2.75, 3.05) is 0 Å². The predicted octanol–water partition coefficient (Wildman–Crippen LogP) is 1.83. The fourth-order valence-corrected chi connectivity index (χ4v) is 0.844. The third-order valence-corrected chi connectivity index (χ3v) is 1.58. The monoisotopic (exact) mass is 205 g/mol. The van der Waals surface area contributed by atoms with Crippen LogP contribution in [0.5, 0.6) is 0 Å². The van der Waals surface area contributed by atoms with Crippen molar-refractivity contribution in [2.24, 2.45) is 4.99 Å². The standard InChI is InChI=1S/C7H6F3N3O/c1-4(11-3-14)5-2-6(13-12-5)7(8,9)10/h2,4H,1H3,(H,12,13). The summed E-state index contributed by atoms with van der Waals surface area (Å²) in [6, 6.07) is 0.113. The van der Waals surface area contributed by atoms with Crippen LogP contribution in [0.25, 0.3) is 0 Å². The van der Waals surface area contributed by atoms with Gasteiger partial charge in [0, 0.05) is 0 Å². The van der Waals surface area contributed by atoms with Gasteiger partial charge >= 0.3 is 6.18 Å². The van der Waals surface area contributed by atoms with Gasteiger partial charge in [0.25, 0.3) is 0 Å². The number of aromatic nitrogens is 2. The van der Waals surface area contributed by atoms with Crippen molar-refractivity contribution in [3.05, 3.63) is 17.5 Å². The lowest BCUT2D eigenvalue weighted by Crippen LogP contribution is -2.04. The summed E-state index contributed by atoms with van der Waals surface area (Å²) in [5.41, 5.74) is -0.902. The molecule has 0 aliphatic rings. The molecule has 1 atom stereocenters. The molecule has 0 spiro atoms. The minimum atomic E-state index is -4.49. The first-order valence-electron chi connectivity index (χ1n) is 3.64. The lowest BCUT2D eigenvalue weighted by molar-refractivity contribution is -0.141. The van der Waals surface area contributed by atoms with Gasteiger partial charge in [-0.15, -0.1) is 0 Å². The lowest BCUT2D eigenvalue weighted by Gasteiger charge is -1.99. The Bertz CT molecular complexity index is 365. The fourth-order valence-electron chi connectivity index (χ4n) is 0.844. The third kappa shape index (κ3) is 2.20. The Morgan fingerprint density at radius 2 is 2.29 bits per heavy atom. The number of alkyl halides is 3. The minimum Gasteiger partial charge on any atom is -0.280 e. The number of nitrogens with one attached hydrogen (secondary N) is 1. The number of aromatic amines is 1. The number of halogens is 3. The van der Waals surface area contributed by atoms with E-state index < -0.39 is 17.9 Å². The van der Waals surface area contributed by atoms with Crippen molar-refractivity contribution in [1.29, 1.82) is 0 Å². The van der Waals surface area contributed by atoms with Gasteiger partial charge in [0.15, 0.2) is 5.69 Å². The number of nitrogens with zero attached hydrogens (tertiary/aromatic N) is 2. The Hall–Kier alpha value is -1.62. The number of H-pyrrole nitrogens is 1. The quantitative estimate of drug-likeness (QED) is 0.591. The molecule has 0 fully saturated rings. The molecule has 0 bridgehead atoms. The molecule has 1 aromatic heterocycles. The Morgan fingerprint density at radius 3 is 2.71 bits per heavy atom. The minimum absolute atomic E-state index is 0.126. The maximum atomic E-state index is 12.1. The van der Waals surface area contributed by atoms with E-state index in [0.29, 0.717) is 0 Å². The van der Waals surface area contributed by atoms with Crippen LogP contribution in [0.3, 0.4) is 0 Å². The fraction of sp³-hybridized carbons (Fsp3) is 0.429. The molecular weight excluding hydrogens is 199 g/mol. The van der Waals surface area contributed by atoms with Crippen LogP contribution >= 0.6 is 0 Å². The molecule has 0 saturated carbocycles. The predicted molar refractivity (Wildman–Crippen MR) is 40.1 cm³/mol. The van der Waals surface area contributed by atoms with Gasteiger partial charge in [0.2, 0.25) is 6.08 Å². The zero-order valence-corrected chi connectivity index (χ0v) is 7.09. The van der Waals surface area contributed by atoms with Crippen molar-refractivity contribution >= 4 is 6.08 Å². The molecule has 1 heterocycles. The smallest absolute Gasteiger partial charge is 0.280 e. The van der Waals surface area contributed by atoms with Crippen molar-refractivity contribution in [3.63, 3.8) is 0 Å². The molecule has 1 aromatic rings. The van der Waals surface area contributed by atoms with E-state index in [9.17, 15) is 18.0 Å². The van der Waals surface area contributed by atoms with E-state index in [1.165, 1.54) is 13.0 Å². The summed E-state index contributed by atoms with van der Waals surface area (Å²) in [6.45, 7) is 1.46. The number of aliphatic imine (C=N–C) groups is 1. The highest BCUT2D eigenvalue weighted by Crippen LogP contribution is 2.29. The van der Waals surface area contributed by atoms with Crippen LogP contribution in [-0.2, 0) is 11.0 Å². The van der Waals surface area contributed by atoms with Gasteiger partial charge in [0.1, 0.15) is 6.04 Å². The molecule has 0 radical (unpaired) electrons. The summed E-state index contributed by atoms with van der Waals surface area (Å²) in [6.07, 6.45) is -3.23. The molecule has 0 amide bonds. The molecule has 0 aliphatic carbocycles. The first-order valence-corrected chi connectivity index (χ1v) is 3.64. The maximum absolute atomic E-state index is 12.1. The highest BCUT2D eigenvalue weighted by atomic mass is 19.4. The van der Waals surface area contributed by atoms with Crippen molar-refractivity contribution in [1.82, 2.24) is 10.2 Å². The Balaban J connectivity index is 2.93. The topological polar surface area (TPSA) is 58.1 Å². The summed E-state index contributed by atoms with van der Waals surface area (Å²) in [5.74, 6) is 0. The van der Waals surface area contributed by atoms with Gasteiger partial charge < -0.3 is 0 Å². The summed E-state index contributed by atoms with van der Waals surface area (Å²) < 4.78 is 36.2. The molecular formula is C7H6F3N3O. The summed E-state index contributed by atoms with van der Waals surface area (Å²) in [5, 5.41) is 5.21. The number of isocyanates is 1. The second-order valence-electron chi connectivity index (χ2n) is 2.60. The Labute approximate surface area is 76.8 Å². The van der Waals surface area contributed by atoms with Crippen LogP contribution in [-0.4, -0.2) is 16.3 Å². The zero-order chi connectivity index (χ0) is 10.8. The summed E-state index contributed by atoms with van der Waals surface area (Å²) >= 11 is 0. The second kappa shape index (κ2) is 3.63. The van der Waals surface area contributed by atoms with Gasteiger partial charge in [-0.1, -0.05) is 0 Å². The number of hydrogen-bond donors (Lipinski definition) is 1. The molecule has 1 unspecified atom stereocenters. The van der Waals surface area contributed by atoms with E-state index in [4.69, 9.17) is 0 Å². The van der Waals surface area contributed by atoms with Gasteiger partial charge in [-0.25, -0.2) is 4.79 Å². The van der Waals surface area contributed by atoms with Crippen LogP contribution in [0.4, 0.5) is 13.2 Å². The average Bonchev–Trinajstić information content (AvgIpc) is 2.51. The third-order valence-electron chi connectivity index (χ3n) is 1.58. The average molecular weight is 205 g/mol. The first-order chi connectivity index (χ1) is 6.45. The highest BCUT2D eigenvalue weighted by Gasteiger charge is 2.34. The largest absolute Gasteiger partial charge is 0.435 e. The zero-order valence-electron chi connectivity index (χ0n) is 7.09. The van der Waals surface area contributed by atoms with Gasteiger partial charge in [-0.3, -0.25) is 5.10 Å². The highest BCUT2D eigenvalue weighted by molar-refractivity contribution is 5.34. The summed E-state index contributed by atoms with van der Waals surface area (Å²) in [7, 11) is 0. The molecule has 76 valence electrons. The number of rotatable bonds is 2. The molecule has 0 saturated heterocycles. The van der Waals surface area contributed by atoms with E-state index in [-0.39, 0.29) is 5.69 Å². The molecule has 1 rings (SSSR count). The molecule has 0 aliphatic heterocycles. The molecule has 14 heavy (non-hydrogen) atoms. The first kappa shape index (κ1) is 10.5. The van der Waals surface area contributed by atoms with Crippen molar-refractivity contribution in [3.8, 4) is 0 Å². The van der Waals surface area contributed by atoms with Crippen LogP contribution in [0, 0.1) is 0 Å². The summed E-state index contributed by atoms with van der Waals surface area (Å²) in [4.78, 5) is 13.1. The molecule has 0 aromatic carbocycles. The van der Waals surface area contributed by atoms with Crippen molar-refractivity contribution in [2.45, 2.75) is 19.1 Å². The second-order valence-corrected chi connectivity index (χ2v) is 2.60. The lowest BCUT2D eigenvalue weighted by atomic mass is 10.2. The van der Waals surface area contributed by atoms with Crippen LogP contribution in [0.2, 0.25) is 0 Å². The van der Waals surface area contributed by atoms with E-state index in [1.807, 2.05) is 0 Å². The van der Waals surface area contributed by atoms with E-state index >= 15 is 0 Å². The van der Waals surface area contributed by atoms with Crippen molar-refractivity contribution < 1.29 is 18.0 Å². The number of hydrogen-bond acceptors (Lipinski definition) is 3. The maximum Gasteiger partial charge on any atom is 0.435 e. The van der Waals surface area contributed by atoms with E-state index in [1.54, 1.807) is 0 Å². The Kier molecular flexibility index (Phi) is 2.71. The van der Waals surface area contributed by atoms with E-state index in [0.717, 1.165) is 6.07 Å². The molecule has 4 nitrogen and oxygen atoms in total. The normalized spacial score (nSPS) is 13.4. The Morgan fingerprint density at radius 1 is 1.64 bits per heavy atom. The van der Waals surface area contributed by atoms with E-state index in [2.05, 4.69) is 15.2 Å². The van der Waals surface area contributed by atoms with Crippen LogP contribution in [0.1, 0.15) is 24.4 Å². The SMILES string of the molecule is CC(N=C=O)c1cc(C(F)(F)F)n[nH]1. The molecule has 7 heteroatoms. The van der Waals surface area contributed by atoms with Gasteiger partial charge in [0.05, 0.1) is 5.69 Å². The number of carbonyl (C=O) groups excluding carboxylic acids is 1.